The minimum atomic E-state index is -0.273. The molecule has 1 amide bonds. The average molecular weight is 299 g/mol. The number of nitrogens with zero attached hydrogens (tertiary/aromatic N) is 2. The van der Waals surface area contributed by atoms with Gasteiger partial charge in [0.2, 0.25) is 5.91 Å². The van der Waals surface area contributed by atoms with Crippen molar-refractivity contribution in [1.82, 2.24) is 15.1 Å². The molecule has 2 rings (SSSR count). The molecule has 2 heterocycles. The number of hydrogen-bond donors (Lipinski definition) is 2. The van der Waals surface area contributed by atoms with Crippen LogP contribution in [0.15, 0.2) is 11.0 Å². The van der Waals surface area contributed by atoms with Gasteiger partial charge in [-0.15, -0.1) is 0 Å². The van der Waals surface area contributed by atoms with E-state index in [1.807, 2.05) is 0 Å². The van der Waals surface area contributed by atoms with Crippen LogP contribution in [0, 0.1) is 0 Å². The molecular formula is C13H19ClN4O2. The Morgan fingerprint density at radius 1 is 1.55 bits per heavy atom. The summed E-state index contributed by atoms with van der Waals surface area (Å²) in [4.78, 5) is 23.1. The van der Waals surface area contributed by atoms with Gasteiger partial charge in [0.1, 0.15) is 5.02 Å². The first kappa shape index (κ1) is 14.8. The summed E-state index contributed by atoms with van der Waals surface area (Å²) in [5.41, 5.74) is 0.260. The first-order valence-corrected chi connectivity index (χ1v) is 7.28. The van der Waals surface area contributed by atoms with Gasteiger partial charge in [0.05, 0.1) is 11.9 Å². The molecule has 1 aliphatic heterocycles. The Balaban J connectivity index is 2.07. The van der Waals surface area contributed by atoms with E-state index in [2.05, 4.69) is 22.7 Å². The van der Waals surface area contributed by atoms with E-state index in [4.69, 9.17) is 11.6 Å². The van der Waals surface area contributed by atoms with Crippen molar-refractivity contribution in [1.29, 1.82) is 0 Å². The Morgan fingerprint density at radius 2 is 2.35 bits per heavy atom. The quantitative estimate of drug-likeness (QED) is 0.861. The van der Waals surface area contributed by atoms with Gasteiger partial charge in [-0.1, -0.05) is 24.9 Å². The summed E-state index contributed by atoms with van der Waals surface area (Å²) in [6, 6.07) is 0.0814. The number of anilines is 1. The Morgan fingerprint density at radius 3 is 3.00 bits per heavy atom. The Labute approximate surface area is 122 Å². The van der Waals surface area contributed by atoms with Gasteiger partial charge < -0.3 is 10.6 Å². The molecule has 20 heavy (non-hydrogen) atoms. The predicted molar refractivity (Wildman–Crippen MR) is 78.1 cm³/mol. The third-order valence-electron chi connectivity index (χ3n) is 3.33. The highest BCUT2D eigenvalue weighted by molar-refractivity contribution is 6.32. The Kier molecular flexibility index (Phi) is 5.00. The molecule has 2 N–H and O–H groups in total. The van der Waals surface area contributed by atoms with Crippen molar-refractivity contribution in [2.24, 2.45) is 0 Å². The van der Waals surface area contributed by atoms with E-state index in [1.54, 1.807) is 6.20 Å². The van der Waals surface area contributed by atoms with E-state index in [1.165, 1.54) is 4.68 Å². The van der Waals surface area contributed by atoms with E-state index >= 15 is 0 Å². The Bertz CT molecular complexity index is 534. The second kappa shape index (κ2) is 6.74. The van der Waals surface area contributed by atoms with Crippen molar-refractivity contribution >= 4 is 23.2 Å². The van der Waals surface area contributed by atoms with Crippen molar-refractivity contribution in [2.45, 2.75) is 45.2 Å². The zero-order valence-electron chi connectivity index (χ0n) is 11.5. The van der Waals surface area contributed by atoms with Crippen LogP contribution in [0.1, 0.15) is 32.6 Å². The number of carbonyl (C=O) groups is 1. The molecule has 6 nitrogen and oxygen atoms in total. The molecule has 0 bridgehead atoms. The van der Waals surface area contributed by atoms with Gasteiger partial charge in [-0.2, -0.15) is 5.10 Å². The lowest BCUT2D eigenvalue weighted by Crippen LogP contribution is -2.42. The number of nitrogens with one attached hydrogen (secondary N) is 2. The summed E-state index contributed by atoms with van der Waals surface area (Å²) < 4.78 is 1.39. The highest BCUT2D eigenvalue weighted by atomic mass is 35.5. The van der Waals surface area contributed by atoms with E-state index in [-0.39, 0.29) is 22.5 Å². The number of hydrogen-bond acceptors (Lipinski definition) is 4. The highest BCUT2D eigenvalue weighted by Gasteiger charge is 2.19. The van der Waals surface area contributed by atoms with Gasteiger partial charge in [-0.25, -0.2) is 4.68 Å². The smallest absolute Gasteiger partial charge is 0.287 e. The maximum absolute atomic E-state index is 12.0. The molecule has 110 valence electrons. The van der Waals surface area contributed by atoms with Gasteiger partial charge in [0, 0.05) is 25.6 Å². The molecule has 1 aromatic rings. The SMILES string of the molecule is CCCCn1ncc(NC2CCC(=O)NC2)c(Cl)c1=O. The summed E-state index contributed by atoms with van der Waals surface area (Å²) in [5.74, 6) is 0.0576. The number of rotatable bonds is 5. The zero-order chi connectivity index (χ0) is 14.5. The fourth-order valence-corrected chi connectivity index (χ4v) is 2.31. The molecule has 1 fully saturated rings. The largest absolute Gasteiger partial charge is 0.378 e. The van der Waals surface area contributed by atoms with E-state index < -0.39 is 0 Å². The molecule has 0 aliphatic carbocycles. The van der Waals surface area contributed by atoms with E-state index in [0.717, 1.165) is 19.3 Å². The van der Waals surface area contributed by atoms with Crippen LogP contribution in [0.3, 0.4) is 0 Å². The average Bonchev–Trinajstić information content (AvgIpc) is 2.45. The van der Waals surface area contributed by atoms with Crippen molar-refractivity contribution in [2.75, 3.05) is 11.9 Å². The molecule has 1 aliphatic rings. The van der Waals surface area contributed by atoms with Gasteiger partial charge >= 0.3 is 0 Å². The number of carbonyl (C=O) groups excluding carboxylic acids is 1. The van der Waals surface area contributed by atoms with E-state index in [9.17, 15) is 9.59 Å². The fourth-order valence-electron chi connectivity index (χ4n) is 2.11. The number of amides is 1. The molecule has 1 atom stereocenters. The second-order valence-corrected chi connectivity index (χ2v) is 5.32. The van der Waals surface area contributed by atoms with Crippen molar-refractivity contribution in [3.05, 3.63) is 21.6 Å². The lowest BCUT2D eigenvalue weighted by atomic mass is 10.1. The predicted octanol–water partition coefficient (Wildman–Crippen LogP) is 1.39. The molecule has 1 saturated heterocycles. The van der Waals surface area contributed by atoms with Gasteiger partial charge in [-0.05, 0) is 12.8 Å². The van der Waals surface area contributed by atoms with Crippen LogP contribution in [0.4, 0.5) is 5.69 Å². The molecule has 7 heteroatoms. The summed E-state index contributed by atoms with van der Waals surface area (Å²) in [5, 5.41) is 10.2. The van der Waals surface area contributed by atoms with Crippen molar-refractivity contribution < 1.29 is 4.79 Å². The number of piperidine rings is 1. The van der Waals surface area contributed by atoms with Gasteiger partial charge in [-0.3, -0.25) is 9.59 Å². The maximum atomic E-state index is 12.0. The number of aryl methyl sites for hydroxylation is 1. The van der Waals surface area contributed by atoms with Crippen LogP contribution in [-0.4, -0.2) is 28.3 Å². The number of unbranched alkanes of at least 4 members (excludes halogenated alkanes) is 1. The summed E-state index contributed by atoms with van der Waals surface area (Å²) in [6.45, 7) is 3.17. The molecule has 1 aromatic heterocycles. The van der Waals surface area contributed by atoms with Crippen LogP contribution >= 0.6 is 11.6 Å². The molecular weight excluding hydrogens is 280 g/mol. The zero-order valence-corrected chi connectivity index (χ0v) is 12.2. The minimum Gasteiger partial charge on any atom is -0.378 e. The monoisotopic (exact) mass is 298 g/mol. The minimum absolute atomic E-state index is 0.0576. The van der Waals surface area contributed by atoms with Gasteiger partial charge in [0.15, 0.2) is 0 Å². The third-order valence-corrected chi connectivity index (χ3v) is 3.70. The van der Waals surface area contributed by atoms with Crippen LogP contribution < -0.4 is 16.2 Å². The first-order chi connectivity index (χ1) is 9.61. The lowest BCUT2D eigenvalue weighted by molar-refractivity contribution is -0.122. The summed E-state index contributed by atoms with van der Waals surface area (Å²) in [7, 11) is 0. The van der Waals surface area contributed by atoms with Crippen LogP contribution in [-0.2, 0) is 11.3 Å². The maximum Gasteiger partial charge on any atom is 0.287 e. The second-order valence-electron chi connectivity index (χ2n) is 4.94. The molecule has 0 radical (unpaired) electrons. The normalized spacial score (nSPS) is 18.7. The standard InChI is InChI=1S/C13H19ClN4O2/c1-2-3-6-18-13(20)12(14)10(8-16-18)17-9-4-5-11(19)15-7-9/h8-9,17H,2-7H2,1H3,(H,15,19). The van der Waals surface area contributed by atoms with Crippen molar-refractivity contribution in [3.63, 3.8) is 0 Å². The number of halogens is 1. The molecule has 0 spiro atoms. The van der Waals surface area contributed by atoms with E-state index in [0.29, 0.717) is 25.2 Å². The van der Waals surface area contributed by atoms with Gasteiger partial charge in [0.25, 0.3) is 5.56 Å². The molecule has 1 unspecified atom stereocenters. The Hall–Kier alpha value is -1.56. The van der Waals surface area contributed by atoms with Crippen LogP contribution in [0.5, 0.6) is 0 Å². The lowest BCUT2D eigenvalue weighted by Gasteiger charge is -2.24. The highest BCUT2D eigenvalue weighted by Crippen LogP contribution is 2.18. The summed E-state index contributed by atoms with van der Waals surface area (Å²) >= 11 is 6.10. The van der Waals surface area contributed by atoms with Crippen LogP contribution in [0.2, 0.25) is 5.02 Å². The third kappa shape index (κ3) is 3.50. The summed E-state index contributed by atoms with van der Waals surface area (Å²) in [6.07, 6.45) is 4.67. The van der Waals surface area contributed by atoms with Crippen LogP contribution in [0.25, 0.3) is 0 Å². The topological polar surface area (TPSA) is 76.0 Å². The fraction of sp³-hybridized carbons (Fsp3) is 0.615. The first-order valence-electron chi connectivity index (χ1n) is 6.90. The molecule has 0 saturated carbocycles. The van der Waals surface area contributed by atoms with Crippen molar-refractivity contribution in [3.8, 4) is 0 Å². The number of aromatic nitrogens is 2. The molecule has 0 aromatic carbocycles.